The number of fused-ring (bicyclic) bond motifs is 1. The Balaban J connectivity index is 1.12. The Morgan fingerprint density at radius 1 is 1.03 bits per heavy atom. The number of ether oxygens (including phenoxy) is 1. The van der Waals surface area contributed by atoms with Crippen LogP contribution in [0.3, 0.4) is 0 Å². The van der Waals surface area contributed by atoms with Crippen molar-refractivity contribution >= 4 is 17.5 Å². The second-order valence-corrected chi connectivity index (χ2v) is 9.75. The smallest absolute Gasteiger partial charge is 0.407 e. The van der Waals surface area contributed by atoms with Gasteiger partial charge in [-0.2, -0.15) is 0 Å². The Bertz CT molecular complexity index is 697. The predicted octanol–water partition coefficient (Wildman–Crippen LogP) is 1.85. The zero-order chi connectivity index (χ0) is 20.6. The van der Waals surface area contributed by atoms with Crippen molar-refractivity contribution in [1.29, 1.82) is 0 Å². The topological polar surface area (TPSA) is 74.1 Å². The van der Waals surface area contributed by atoms with Gasteiger partial charge < -0.3 is 25.6 Å². The fourth-order valence-electron chi connectivity index (χ4n) is 4.57. The molecule has 2 atom stereocenters. The molecule has 3 aliphatic rings. The molecule has 29 heavy (non-hydrogen) atoms. The van der Waals surface area contributed by atoms with Crippen LogP contribution in [0, 0.1) is 11.8 Å². The number of nitrogens with zero attached hydrogens (tertiary/aromatic N) is 3. The number of hydrogen-bond acceptors (Lipinski definition) is 6. The van der Waals surface area contributed by atoms with E-state index in [2.05, 4.69) is 32.1 Å². The van der Waals surface area contributed by atoms with E-state index in [0.29, 0.717) is 11.8 Å². The van der Waals surface area contributed by atoms with E-state index in [4.69, 9.17) is 10.5 Å². The molecule has 2 unspecified atom stereocenters. The first kappa shape index (κ1) is 20.3. The van der Waals surface area contributed by atoms with Crippen molar-refractivity contribution in [3.05, 3.63) is 24.3 Å². The standard InChI is InChI=1S/C22H35N5O2/c1-22(2,3)24-21(28)29-20-18-14-26(15-19(18)20)9-8-25-10-12-27(13-11-25)17-6-4-16(23)5-7-17/h4-7,18-20H,8-15,23H2,1-3H3,(H,24,28). The van der Waals surface area contributed by atoms with Gasteiger partial charge in [-0.3, -0.25) is 4.90 Å². The highest BCUT2D eigenvalue weighted by Gasteiger charge is 2.58. The SMILES string of the molecule is CC(C)(C)NC(=O)OC1C2CN(CCN3CCN(c4ccc(N)cc4)CC3)CC21. The molecule has 0 spiro atoms. The van der Waals surface area contributed by atoms with E-state index in [1.54, 1.807) is 0 Å². The molecule has 1 aromatic carbocycles. The molecule has 160 valence electrons. The van der Waals surface area contributed by atoms with E-state index in [9.17, 15) is 4.79 Å². The first-order valence-corrected chi connectivity index (χ1v) is 10.8. The van der Waals surface area contributed by atoms with Gasteiger partial charge in [-0.25, -0.2) is 4.79 Å². The summed E-state index contributed by atoms with van der Waals surface area (Å²) in [4.78, 5) is 19.5. The number of nitrogens with two attached hydrogens (primary N) is 1. The van der Waals surface area contributed by atoms with Crippen molar-refractivity contribution in [1.82, 2.24) is 15.1 Å². The van der Waals surface area contributed by atoms with Crippen molar-refractivity contribution in [2.24, 2.45) is 11.8 Å². The Kier molecular flexibility index (Phi) is 5.62. The van der Waals surface area contributed by atoms with Crippen LogP contribution in [-0.4, -0.2) is 79.9 Å². The minimum absolute atomic E-state index is 0.122. The number of anilines is 2. The molecule has 4 rings (SSSR count). The van der Waals surface area contributed by atoms with Crippen LogP contribution >= 0.6 is 0 Å². The van der Waals surface area contributed by atoms with Gasteiger partial charge in [-0.05, 0) is 45.0 Å². The van der Waals surface area contributed by atoms with Crippen LogP contribution in [0.25, 0.3) is 0 Å². The van der Waals surface area contributed by atoms with Crippen molar-refractivity contribution < 1.29 is 9.53 Å². The molecule has 1 amide bonds. The van der Waals surface area contributed by atoms with Gasteiger partial charge in [0, 0.05) is 81.1 Å². The summed E-state index contributed by atoms with van der Waals surface area (Å²) >= 11 is 0. The number of piperazine rings is 1. The number of carbonyl (C=O) groups excluding carboxylic acids is 1. The minimum atomic E-state index is -0.276. The molecule has 7 heteroatoms. The lowest BCUT2D eigenvalue weighted by atomic mass is 10.1. The molecule has 0 bridgehead atoms. The summed E-state index contributed by atoms with van der Waals surface area (Å²) in [5.74, 6) is 1.06. The fraction of sp³-hybridized carbons (Fsp3) is 0.682. The largest absolute Gasteiger partial charge is 0.446 e. The van der Waals surface area contributed by atoms with E-state index in [0.717, 1.165) is 58.0 Å². The maximum absolute atomic E-state index is 11.9. The van der Waals surface area contributed by atoms with Gasteiger partial charge in [0.2, 0.25) is 0 Å². The minimum Gasteiger partial charge on any atom is -0.446 e. The molecule has 0 aromatic heterocycles. The zero-order valence-electron chi connectivity index (χ0n) is 17.9. The van der Waals surface area contributed by atoms with E-state index >= 15 is 0 Å². The Hall–Kier alpha value is -1.99. The number of benzene rings is 1. The van der Waals surface area contributed by atoms with Crippen molar-refractivity contribution in [2.45, 2.75) is 32.4 Å². The second-order valence-electron chi connectivity index (χ2n) is 9.75. The summed E-state index contributed by atoms with van der Waals surface area (Å²) in [5.41, 5.74) is 7.62. The van der Waals surface area contributed by atoms with Gasteiger partial charge in [-0.15, -0.1) is 0 Å². The van der Waals surface area contributed by atoms with Crippen molar-refractivity contribution in [3.8, 4) is 0 Å². The zero-order valence-corrected chi connectivity index (χ0v) is 17.9. The highest BCUT2D eigenvalue weighted by Crippen LogP contribution is 2.47. The summed E-state index contributed by atoms with van der Waals surface area (Å²) in [5, 5.41) is 2.89. The molecule has 2 heterocycles. The molecule has 1 saturated carbocycles. The molecular weight excluding hydrogens is 366 g/mol. The number of amides is 1. The van der Waals surface area contributed by atoms with Crippen LogP contribution in [-0.2, 0) is 4.74 Å². The monoisotopic (exact) mass is 401 g/mol. The molecule has 7 nitrogen and oxygen atoms in total. The lowest BCUT2D eigenvalue weighted by Crippen LogP contribution is -2.48. The lowest BCUT2D eigenvalue weighted by Gasteiger charge is -2.37. The number of rotatable bonds is 5. The van der Waals surface area contributed by atoms with Gasteiger partial charge in [0.25, 0.3) is 0 Å². The van der Waals surface area contributed by atoms with Gasteiger partial charge in [-0.1, -0.05) is 0 Å². The predicted molar refractivity (Wildman–Crippen MR) is 116 cm³/mol. The first-order valence-electron chi connectivity index (χ1n) is 10.8. The average Bonchev–Trinajstić information content (AvgIpc) is 3.10. The number of nitrogens with one attached hydrogen (secondary N) is 1. The number of hydrogen-bond donors (Lipinski definition) is 2. The molecule has 0 radical (unpaired) electrons. The van der Waals surface area contributed by atoms with Crippen LogP contribution in [0.4, 0.5) is 16.2 Å². The Morgan fingerprint density at radius 2 is 1.62 bits per heavy atom. The van der Waals surface area contributed by atoms with E-state index in [1.807, 2.05) is 32.9 Å². The molecule has 3 fully saturated rings. The molecule has 1 aliphatic carbocycles. The highest BCUT2D eigenvalue weighted by molar-refractivity contribution is 5.68. The van der Waals surface area contributed by atoms with E-state index < -0.39 is 0 Å². The third-order valence-corrected chi connectivity index (χ3v) is 6.27. The third kappa shape index (κ3) is 5.14. The lowest BCUT2D eigenvalue weighted by molar-refractivity contribution is 0.105. The highest BCUT2D eigenvalue weighted by atomic mass is 16.6. The van der Waals surface area contributed by atoms with Crippen LogP contribution in [0.1, 0.15) is 20.8 Å². The maximum Gasteiger partial charge on any atom is 0.407 e. The Labute approximate surface area is 174 Å². The maximum atomic E-state index is 11.9. The summed E-state index contributed by atoms with van der Waals surface area (Å²) in [7, 11) is 0. The number of likely N-dealkylation sites (tertiary alicyclic amines) is 1. The van der Waals surface area contributed by atoms with Crippen LogP contribution < -0.4 is 16.0 Å². The number of piperidine rings is 1. The number of carbonyl (C=O) groups is 1. The summed E-state index contributed by atoms with van der Waals surface area (Å²) < 4.78 is 5.61. The average molecular weight is 402 g/mol. The molecule has 2 saturated heterocycles. The normalized spacial score (nSPS) is 27.6. The molecular formula is C22H35N5O2. The van der Waals surface area contributed by atoms with Crippen molar-refractivity contribution in [2.75, 3.05) is 63.0 Å². The third-order valence-electron chi connectivity index (χ3n) is 6.27. The number of alkyl carbamates (subject to hydrolysis) is 1. The van der Waals surface area contributed by atoms with Gasteiger partial charge in [0.15, 0.2) is 0 Å². The summed E-state index contributed by atoms with van der Waals surface area (Å²) in [6.45, 7) is 14.6. The van der Waals surface area contributed by atoms with Gasteiger partial charge in [0.05, 0.1) is 0 Å². The molecule has 1 aromatic rings. The fourth-order valence-corrected chi connectivity index (χ4v) is 4.57. The van der Waals surface area contributed by atoms with Crippen LogP contribution in [0.2, 0.25) is 0 Å². The van der Waals surface area contributed by atoms with E-state index in [-0.39, 0.29) is 17.7 Å². The van der Waals surface area contributed by atoms with Crippen LogP contribution in [0.15, 0.2) is 24.3 Å². The summed E-state index contributed by atoms with van der Waals surface area (Å²) in [6.07, 6.45) is -0.153. The summed E-state index contributed by atoms with van der Waals surface area (Å²) in [6, 6.07) is 8.18. The van der Waals surface area contributed by atoms with Crippen molar-refractivity contribution in [3.63, 3.8) is 0 Å². The van der Waals surface area contributed by atoms with E-state index in [1.165, 1.54) is 5.69 Å². The quantitative estimate of drug-likeness (QED) is 0.734. The van der Waals surface area contributed by atoms with Crippen LogP contribution in [0.5, 0.6) is 0 Å². The molecule has 2 aliphatic heterocycles. The molecule has 3 N–H and O–H groups in total. The van der Waals surface area contributed by atoms with Gasteiger partial charge in [0.1, 0.15) is 6.10 Å². The van der Waals surface area contributed by atoms with Gasteiger partial charge >= 0.3 is 6.09 Å². The number of nitrogen functional groups attached to an aromatic ring is 1. The second kappa shape index (κ2) is 8.03. The first-order chi connectivity index (χ1) is 13.8. The Morgan fingerprint density at radius 3 is 2.21 bits per heavy atom.